The van der Waals surface area contributed by atoms with Gasteiger partial charge in [0.25, 0.3) is 6.26 Å². The van der Waals surface area contributed by atoms with Gasteiger partial charge in [-0.05, 0) is 48.5 Å². The molecule has 0 bridgehead atoms. The number of rotatable bonds is 17. The van der Waals surface area contributed by atoms with Crippen LogP contribution in [0.1, 0.15) is 20.7 Å². The van der Waals surface area contributed by atoms with Gasteiger partial charge >= 0.3 is 23.9 Å². The average Bonchev–Trinajstić information content (AvgIpc) is 2.96. The van der Waals surface area contributed by atoms with Gasteiger partial charge < -0.3 is 33.2 Å². The van der Waals surface area contributed by atoms with Gasteiger partial charge in [-0.3, -0.25) is 0 Å². The Morgan fingerprint density at radius 2 is 1.10 bits per heavy atom. The van der Waals surface area contributed by atoms with Crippen molar-refractivity contribution in [2.24, 2.45) is 4.99 Å². The first-order valence-electron chi connectivity index (χ1n) is 11.6. The van der Waals surface area contributed by atoms with Crippen molar-refractivity contribution < 1.29 is 57.1 Å². The summed E-state index contributed by atoms with van der Waals surface area (Å²) in [6.07, 6.45) is 2.90. The molecule has 210 valence electrons. The smallest absolute Gasteiger partial charge is 0.338 e. The third-order valence-corrected chi connectivity index (χ3v) is 4.50. The van der Waals surface area contributed by atoms with Gasteiger partial charge in [0, 0.05) is 0 Å². The van der Waals surface area contributed by atoms with Crippen molar-refractivity contribution in [3.05, 3.63) is 59.7 Å². The van der Waals surface area contributed by atoms with Gasteiger partial charge in [-0.2, -0.15) is 4.99 Å². The van der Waals surface area contributed by atoms with Gasteiger partial charge in [0.1, 0.15) is 45.4 Å². The highest BCUT2D eigenvalue weighted by Gasteiger charge is 2.10. The van der Waals surface area contributed by atoms with Crippen molar-refractivity contribution in [1.82, 2.24) is 0 Å². The first-order valence-corrected chi connectivity index (χ1v) is 11.6. The summed E-state index contributed by atoms with van der Waals surface area (Å²) in [6.45, 7) is -1.53. The van der Waals surface area contributed by atoms with E-state index in [4.69, 9.17) is 33.7 Å². The molecule has 0 aliphatic carbocycles. The number of nitriles is 1. The number of carbonyl (C=O) groups is 4. The average molecular weight is 556 g/mol. The molecule has 0 aromatic heterocycles. The lowest BCUT2D eigenvalue weighted by molar-refractivity contribution is -0.157. The minimum absolute atomic E-state index is 0.0547. The molecular weight excluding hydrogens is 532 g/mol. The monoisotopic (exact) mass is 556 g/mol. The molecule has 0 saturated heterocycles. The zero-order valence-electron chi connectivity index (χ0n) is 21.1. The summed E-state index contributed by atoms with van der Waals surface area (Å²) in [6, 6.07) is 11.5. The van der Waals surface area contributed by atoms with Crippen molar-refractivity contribution in [2.45, 2.75) is 0 Å². The van der Waals surface area contributed by atoms with Gasteiger partial charge in [0.2, 0.25) is 6.08 Å². The maximum atomic E-state index is 11.9. The summed E-state index contributed by atoms with van der Waals surface area (Å²) in [5.74, 6) is -2.36. The summed E-state index contributed by atoms with van der Waals surface area (Å²) in [4.78, 5) is 60.6. The molecule has 0 saturated carbocycles. The molecule has 0 amide bonds. The minimum Gasteiger partial charge on any atom is -0.460 e. The van der Waals surface area contributed by atoms with Gasteiger partial charge in [-0.1, -0.05) is 0 Å². The normalized spacial score (nSPS) is 9.88. The SMILES string of the molecule is N#COc1ccc(C(=O)OCCOCC(=O)OCCOC(=O)COCCOC(=O)c2ccc(N=C=O)cc2)cc1. The van der Waals surface area contributed by atoms with E-state index in [1.54, 1.807) is 0 Å². The largest absolute Gasteiger partial charge is 0.460 e. The fourth-order valence-electron chi connectivity index (χ4n) is 2.70. The number of esters is 4. The summed E-state index contributed by atoms with van der Waals surface area (Å²) in [7, 11) is 0. The number of hydrogen-bond acceptors (Lipinski definition) is 14. The maximum Gasteiger partial charge on any atom is 0.338 e. The summed E-state index contributed by atoms with van der Waals surface area (Å²) < 4.78 is 34.4. The predicted molar refractivity (Wildman–Crippen MR) is 131 cm³/mol. The first-order chi connectivity index (χ1) is 19.4. The molecule has 2 aromatic rings. The fraction of sp³-hybridized carbons (Fsp3) is 0.308. The van der Waals surface area contributed by atoms with Crippen LogP contribution >= 0.6 is 0 Å². The standard InChI is InChI=1S/C26H24N2O12/c27-17-40-22-7-3-20(4-8-22)26(33)39-12-10-35-16-24(31)37-14-13-36-23(30)15-34-9-11-38-25(32)19-1-5-21(6-2-19)28-18-29/h1-8H,9-16H2. The van der Waals surface area contributed by atoms with Gasteiger partial charge in [-0.25, -0.2) is 24.0 Å². The molecular formula is C26H24N2O12. The molecule has 0 heterocycles. The molecule has 0 fully saturated rings. The lowest BCUT2D eigenvalue weighted by Gasteiger charge is -2.08. The van der Waals surface area contributed by atoms with Crippen molar-refractivity contribution in [3.63, 3.8) is 0 Å². The van der Waals surface area contributed by atoms with E-state index in [9.17, 15) is 24.0 Å². The molecule has 0 spiro atoms. The first kappa shape index (κ1) is 31.1. The Kier molecular flexibility index (Phi) is 14.2. The number of hydrogen-bond donors (Lipinski definition) is 0. The minimum atomic E-state index is -0.709. The highest BCUT2D eigenvalue weighted by atomic mass is 16.6. The van der Waals surface area contributed by atoms with Gasteiger partial charge in [-0.15, -0.1) is 5.26 Å². The van der Waals surface area contributed by atoms with E-state index >= 15 is 0 Å². The van der Waals surface area contributed by atoms with E-state index in [0.717, 1.165) is 0 Å². The molecule has 14 heteroatoms. The van der Waals surface area contributed by atoms with Crippen molar-refractivity contribution in [3.8, 4) is 12.0 Å². The van der Waals surface area contributed by atoms with E-state index in [-0.39, 0.29) is 56.5 Å². The number of carbonyl (C=O) groups excluding carboxylic acids is 5. The lowest BCUT2D eigenvalue weighted by Crippen LogP contribution is -2.21. The number of benzene rings is 2. The molecule has 0 unspecified atom stereocenters. The Balaban J connectivity index is 1.44. The number of ether oxygens (including phenoxy) is 7. The number of isocyanates is 1. The van der Waals surface area contributed by atoms with Crippen molar-refractivity contribution >= 4 is 35.6 Å². The molecule has 0 radical (unpaired) electrons. The summed E-state index contributed by atoms with van der Waals surface area (Å²) in [5.41, 5.74) is 0.848. The zero-order chi connectivity index (χ0) is 29.0. The molecule has 2 aromatic carbocycles. The Morgan fingerprint density at radius 3 is 1.55 bits per heavy atom. The van der Waals surface area contributed by atoms with Crippen LogP contribution in [0.3, 0.4) is 0 Å². The van der Waals surface area contributed by atoms with Crippen LogP contribution in [-0.4, -0.2) is 82.8 Å². The zero-order valence-corrected chi connectivity index (χ0v) is 21.1. The van der Waals surface area contributed by atoms with E-state index in [1.165, 1.54) is 60.9 Å². The van der Waals surface area contributed by atoms with Gasteiger partial charge in [0.05, 0.1) is 30.0 Å². The number of nitrogens with zero attached hydrogens (tertiary/aromatic N) is 2. The Labute approximate surface area is 227 Å². The van der Waals surface area contributed by atoms with Crippen LogP contribution in [0.15, 0.2) is 53.5 Å². The Morgan fingerprint density at radius 1 is 0.650 bits per heavy atom. The van der Waals surface area contributed by atoms with E-state index in [2.05, 4.69) is 9.73 Å². The summed E-state index contributed by atoms with van der Waals surface area (Å²) >= 11 is 0. The maximum absolute atomic E-state index is 11.9. The Hall–Kier alpha value is -5.09. The molecule has 14 nitrogen and oxygen atoms in total. The predicted octanol–water partition coefficient (Wildman–Crippen LogP) is 1.65. The van der Waals surface area contributed by atoms with Crippen molar-refractivity contribution in [2.75, 3.05) is 52.9 Å². The fourth-order valence-corrected chi connectivity index (χ4v) is 2.70. The van der Waals surface area contributed by atoms with Crippen molar-refractivity contribution in [1.29, 1.82) is 5.26 Å². The van der Waals surface area contributed by atoms with Crippen LogP contribution < -0.4 is 4.74 Å². The molecule has 2 rings (SSSR count). The topological polar surface area (TPSA) is 186 Å². The van der Waals surface area contributed by atoms with Crippen LogP contribution in [0.2, 0.25) is 0 Å². The van der Waals surface area contributed by atoms with Crippen LogP contribution in [0, 0.1) is 11.5 Å². The van der Waals surface area contributed by atoms with Crippen LogP contribution in [0.5, 0.6) is 5.75 Å². The third kappa shape index (κ3) is 12.4. The molecule has 0 aliphatic heterocycles. The second kappa shape index (κ2) is 18.2. The molecule has 0 atom stereocenters. The number of aliphatic imine (C=N–C) groups is 1. The third-order valence-electron chi connectivity index (χ3n) is 4.50. The molecule has 40 heavy (non-hydrogen) atoms. The van der Waals surface area contributed by atoms with Crippen LogP contribution in [0.25, 0.3) is 0 Å². The Bertz CT molecular complexity index is 1220. The second-order valence-corrected chi connectivity index (χ2v) is 7.29. The second-order valence-electron chi connectivity index (χ2n) is 7.29. The molecule has 0 N–H and O–H groups in total. The van der Waals surface area contributed by atoms with E-state index < -0.39 is 37.1 Å². The van der Waals surface area contributed by atoms with Crippen LogP contribution in [0.4, 0.5) is 5.69 Å². The highest BCUT2D eigenvalue weighted by Crippen LogP contribution is 2.13. The van der Waals surface area contributed by atoms with E-state index in [1.807, 2.05) is 0 Å². The van der Waals surface area contributed by atoms with E-state index in [0.29, 0.717) is 5.69 Å². The van der Waals surface area contributed by atoms with Gasteiger partial charge in [0.15, 0.2) is 0 Å². The lowest BCUT2D eigenvalue weighted by atomic mass is 10.2. The molecule has 0 aliphatic rings. The van der Waals surface area contributed by atoms with Crippen LogP contribution in [-0.2, 0) is 42.8 Å². The quantitative estimate of drug-likeness (QED) is 0.0684. The highest BCUT2D eigenvalue weighted by molar-refractivity contribution is 5.90. The summed E-state index contributed by atoms with van der Waals surface area (Å²) in [5, 5.41) is 8.43.